The molecule has 0 aromatic carbocycles. The second kappa shape index (κ2) is 9.84. The molecule has 0 aliphatic carbocycles. The molecule has 5 heterocycles. The lowest BCUT2D eigenvalue weighted by molar-refractivity contribution is -0.143. The van der Waals surface area contributed by atoms with Gasteiger partial charge in [0.1, 0.15) is 21.6 Å². The van der Waals surface area contributed by atoms with E-state index in [0.29, 0.717) is 25.5 Å². The first-order valence-corrected chi connectivity index (χ1v) is 14.0. The lowest BCUT2D eigenvalue weighted by Crippen LogP contribution is -2.50. The van der Waals surface area contributed by atoms with Crippen molar-refractivity contribution in [1.82, 2.24) is 34.7 Å². The van der Waals surface area contributed by atoms with Gasteiger partial charge >= 0.3 is 6.18 Å². The third-order valence-electron chi connectivity index (χ3n) is 6.88. The van der Waals surface area contributed by atoms with Crippen molar-refractivity contribution in [2.75, 3.05) is 23.7 Å². The first-order valence-electron chi connectivity index (χ1n) is 12.0. The molecule has 10 nitrogen and oxygen atoms in total. The maximum Gasteiger partial charge on any atom is 0.434 e. The fraction of sp³-hybridized carbons (Fsp3) is 0.522. The number of anilines is 2. The number of hydrogen-bond acceptors (Lipinski definition) is 10. The number of pyridine rings is 1. The molecular formula is C23H28F3N9OS2. The van der Waals surface area contributed by atoms with Crippen LogP contribution in [0, 0.1) is 5.41 Å². The molecule has 0 bridgehead atoms. The zero-order valence-corrected chi connectivity index (χ0v) is 22.7. The second-order valence-corrected chi connectivity index (χ2v) is 13.5. The molecular weight excluding hydrogens is 539 g/mol. The molecule has 3 N–H and O–H groups in total. The predicted octanol–water partition coefficient (Wildman–Crippen LogP) is 3.61. The van der Waals surface area contributed by atoms with Gasteiger partial charge in [0.15, 0.2) is 11.5 Å². The molecule has 1 saturated heterocycles. The van der Waals surface area contributed by atoms with E-state index in [9.17, 15) is 17.7 Å². The highest BCUT2D eigenvalue weighted by atomic mass is 32.2. The summed E-state index contributed by atoms with van der Waals surface area (Å²) >= 11 is -0.482. The van der Waals surface area contributed by atoms with Crippen molar-refractivity contribution >= 4 is 34.8 Å². The SMILES string of the molecule is CC(C)(C)[S+]([O-])N[C@@H]1c2cnnn2CC12CCN(c1cnc(Sc3cccnc3C(F)(F)F)c(N)n1)CC2. The highest BCUT2D eigenvalue weighted by Crippen LogP contribution is 2.50. The maximum absolute atomic E-state index is 13.3. The summed E-state index contributed by atoms with van der Waals surface area (Å²) in [5.74, 6) is 0.612. The number of halogens is 3. The van der Waals surface area contributed by atoms with Crippen molar-refractivity contribution < 1.29 is 17.7 Å². The Kier molecular flexibility index (Phi) is 6.99. The Bertz CT molecular complexity index is 1310. The molecule has 0 radical (unpaired) electrons. The molecule has 2 aliphatic rings. The number of fused-ring (bicyclic) bond motifs is 1. The van der Waals surface area contributed by atoms with Crippen molar-refractivity contribution in [3.05, 3.63) is 42.1 Å². The maximum atomic E-state index is 13.3. The molecule has 1 fully saturated rings. The standard InChI is InChI=1S/C23H28F3N9OS2/c1-21(2,3)38(36)32-17-14-11-30-33-35(14)13-22(17)6-9-34(10-7-22)16-12-29-20(19(27)31-16)37-15-5-4-8-28-18(15)23(24,25)26/h4-5,8,11-12,17,32H,6-7,9-10,13H2,1-3H3,(H2,27,31)/t17-,38?/m1/s1. The summed E-state index contributed by atoms with van der Waals surface area (Å²) in [4.78, 5) is 14.2. The summed E-state index contributed by atoms with van der Waals surface area (Å²) in [6, 6.07) is 2.61. The second-order valence-electron chi connectivity index (χ2n) is 10.5. The van der Waals surface area contributed by atoms with Gasteiger partial charge in [-0.2, -0.15) is 13.2 Å². The number of rotatable bonds is 5. The molecule has 1 spiro atoms. The molecule has 3 aromatic rings. The van der Waals surface area contributed by atoms with Crippen LogP contribution < -0.4 is 15.4 Å². The molecule has 1 unspecified atom stereocenters. The van der Waals surface area contributed by atoms with Crippen molar-refractivity contribution in [3.8, 4) is 0 Å². The van der Waals surface area contributed by atoms with E-state index in [1.54, 1.807) is 6.20 Å². The molecule has 15 heteroatoms. The lowest BCUT2D eigenvalue weighted by atomic mass is 9.74. The number of nitrogen functional groups attached to an aromatic ring is 1. The quantitative estimate of drug-likeness (QED) is 0.441. The fourth-order valence-corrected chi connectivity index (χ4v) is 6.63. The lowest BCUT2D eigenvalue weighted by Gasteiger charge is -2.43. The van der Waals surface area contributed by atoms with Crippen molar-refractivity contribution in [1.29, 1.82) is 0 Å². The number of hydrogen-bond donors (Lipinski definition) is 2. The van der Waals surface area contributed by atoms with E-state index in [2.05, 4.69) is 34.9 Å². The Hall–Kier alpha value is -2.62. The van der Waals surface area contributed by atoms with Gasteiger partial charge in [0.05, 0.1) is 24.6 Å². The summed E-state index contributed by atoms with van der Waals surface area (Å²) < 4.78 is 57.8. The number of nitrogens with two attached hydrogens (primary N) is 1. The first-order chi connectivity index (χ1) is 17.9. The topological polar surface area (TPSA) is 134 Å². The Morgan fingerprint density at radius 1 is 1.18 bits per heavy atom. The van der Waals surface area contributed by atoms with Gasteiger partial charge in [-0.1, -0.05) is 17.0 Å². The summed E-state index contributed by atoms with van der Waals surface area (Å²) in [6.45, 7) is 7.77. The van der Waals surface area contributed by atoms with E-state index in [-0.39, 0.29) is 27.2 Å². The molecule has 38 heavy (non-hydrogen) atoms. The van der Waals surface area contributed by atoms with Crippen LogP contribution in [-0.4, -0.2) is 52.3 Å². The van der Waals surface area contributed by atoms with Crippen LogP contribution in [0.1, 0.15) is 51.0 Å². The van der Waals surface area contributed by atoms with Gasteiger partial charge in [-0.05, 0) is 45.7 Å². The molecule has 0 saturated carbocycles. The Morgan fingerprint density at radius 3 is 2.58 bits per heavy atom. The van der Waals surface area contributed by atoms with Gasteiger partial charge in [-0.15, -0.1) is 9.82 Å². The minimum Gasteiger partial charge on any atom is -0.598 e. The van der Waals surface area contributed by atoms with Gasteiger partial charge in [-0.25, -0.2) is 14.6 Å². The highest BCUT2D eigenvalue weighted by Gasteiger charge is 2.52. The minimum absolute atomic E-state index is 0.0527. The Balaban J connectivity index is 1.30. The summed E-state index contributed by atoms with van der Waals surface area (Å²) in [5.41, 5.74) is 5.88. The van der Waals surface area contributed by atoms with Gasteiger partial charge in [0, 0.05) is 41.0 Å². The third-order valence-corrected chi connectivity index (χ3v) is 9.50. The number of alkyl halides is 3. The van der Waals surface area contributed by atoms with Crippen LogP contribution in [0.15, 0.2) is 40.6 Å². The van der Waals surface area contributed by atoms with E-state index in [0.717, 1.165) is 36.5 Å². The van der Waals surface area contributed by atoms with E-state index in [1.807, 2.05) is 25.5 Å². The summed E-state index contributed by atoms with van der Waals surface area (Å²) in [5, 5.41) is 8.44. The van der Waals surface area contributed by atoms with E-state index in [4.69, 9.17) is 5.73 Å². The normalized spacial score (nSPS) is 20.1. The Morgan fingerprint density at radius 2 is 1.92 bits per heavy atom. The van der Waals surface area contributed by atoms with Crippen LogP contribution in [0.5, 0.6) is 0 Å². The number of nitrogens with zero attached hydrogens (tertiary/aromatic N) is 7. The summed E-state index contributed by atoms with van der Waals surface area (Å²) in [6.07, 6.45) is 1.33. The van der Waals surface area contributed by atoms with Crippen molar-refractivity contribution in [3.63, 3.8) is 0 Å². The van der Waals surface area contributed by atoms with Crippen molar-refractivity contribution in [2.24, 2.45) is 5.41 Å². The molecule has 0 amide bonds. The predicted molar refractivity (Wildman–Crippen MR) is 137 cm³/mol. The zero-order valence-electron chi connectivity index (χ0n) is 21.1. The monoisotopic (exact) mass is 567 g/mol. The van der Waals surface area contributed by atoms with Crippen molar-refractivity contribution in [2.45, 2.75) is 67.0 Å². The van der Waals surface area contributed by atoms with E-state index in [1.165, 1.54) is 18.3 Å². The molecule has 204 valence electrons. The average molecular weight is 568 g/mol. The van der Waals surface area contributed by atoms with Crippen LogP contribution in [0.4, 0.5) is 24.8 Å². The van der Waals surface area contributed by atoms with Crippen LogP contribution in [0.2, 0.25) is 0 Å². The summed E-state index contributed by atoms with van der Waals surface area (Å²) in [7, 11) is 0. The van der Waals surface area contributed by atoms with Gasteiger partial charge in [-0.3, -0.25) is 4.98 Å². The molecule has 2 atom stereocenters. The van der Waals surface area contributed by atoms with E-state index < -0.39 is 28.0 Å². The Labute approximate surface area is 225 Å². The van der Waals surface area contributed by atoms with Crippen LogP contribution in [-0.2, 0) is 24.1 Å². The molecule has 3 aromatic heterocycles. The number of nitrogens with one attached hydrogen (secondary N) is 1. The molecule has 2 aliphatic heterocycles. The van der Waals surface area contributed by atoms with Crippen LogP contribution in [0.3, 0.4) is 0 Å². The van der Waals surface area contributed by atoms with Crippen LogP contribution >= 0.6 is 11.8 Å². The molecule has 5 rings (SSSR count). The number of piperidine rings is 1. The van der Waals surface area contributed by atoms with Gasteiger partial charge in [0.2, 0.25) is 0 Å². The van der Waals surface area contributed by atoms with Gasteiger partial charge < -0.3 is 15.2 Å². The van der Waals surface area contributed by atoms with E-state index >= 15 is 0 Å². The van der Waals surface area contributed by atoms with Crippen LogP contribution in [0.25, 0.3) is 0 Å². The third kappa shape index (κ3) is 5.16. The first kappa shape index (κ1) is 27.0. The minimum atomic E-state index is -4.59. The van der Waals surface area contributed by atoms with Gasteiger partial charge in [0.25, 0.3) is 0 Å². The smallest absolute Gasteiger partial charge is 0.434 e. The largest absolute Gasteiger partial charge is 0.598 e. The average Bonchev–Trinajstić information content (AvgIpc) is 3.40. The fourth-order valence-electron chi connectivity index (χ4n) is 4.82. The zero-order chi connectivity index (χ0) is 27.3. The highest BCUT2D eigenvalue weighted by molar-refractivity contribution is 7.99. The number of aromatic nitrogens is 6.